The van der Waals surface area contributed by atoms with Gasteiger partial charge in [0.25, 0.3) is 5.91 Å². The second kappa shape index (κ2) is 12.4. The highest BCUT2D eigenvalue weighted by molar-refractivity contribution is 8.26. The van der Waals surface area contributed by atoms with E-state index in [0.29, 0.717) is 51.0 Å². The number of para-hydroxylation sites is 1. The lowest BCUT2D eigenvalue weighted by Crippen LogP contribution is -2.42. The van der Waals surface area contributed by atoms with Crippen LogP contribution in [0.25, 0.3) is 23.0 Å². The van der Waals surface area contributed by atoms with Crippen LogP contribution >= 0.6 is 24.0 Å². The molecule has 2 aliphatic heterocycles. The van der Waals surface area contributed by atoms with Crippen molar-refractivity contribution in [3.63, 3.8) is 0 Å². The Morgan fingerprint density at radius 2 is 1.61 bits per heavy atom. The van der Waals surface area contributed by atoms with Gasteiger partial charge in [0.2, 0.25) is 10.0 Å². The van der Waals surface area contributed by atoms with Gasteiger partial charge in [-0.3, -0.25) is 9.69 Å². The summed E-state index contributed by atoms with van der Waals surface area (Å²) in [7, 11) is -3.70. The summed E-state index contributed by atoms with van der Waals surface area (Å²) in [4.78, 5) is 16.1. The third kappa shape index (κ3) is 6.04. The SMILES string of the molecule is CC1CC(C)CN(S(=O)(=O)c2cccc(-c3nn(-c4ccccc4)cc3/C=C3\SC(=S)N(C(C)c4ccccc4)C3=O)c2)C1. The first-order valence-corrected chi connectivity index (χ1v) is 17.4. The number of hydrogen-bond acceptors (Lipinski definition) is 6. The zero-order valence-electron chi connectivity index (χ0n) is 24.8. The second-order valence-corrected chi connectivity index (χ2v) is 15.3. The van der Waals surface area contributed by atoms with Crippen molar-refractivity contribution in [3.8, 4) is 16.9 Å². The maximum absolute atomic E-state index is 13.8. The van der Waals surface area contributed by atoms with E-state index < -0.39 is 10.0 Å². The van der Waals surface area contributed by atoms with E-state index in [-0.39, 0.29) is 16.8 Å². The molecule has 3 unspecified atom stereocenters. The van der Waals surface area contributed by atoms with Crippen molar-refractivity contribution in [2.45, 2.75) is 38.1 Å². The van der Waals surface area contributed by atoms with Crippen LogP contribution in [0.4, 0.5) is 0 Å². The Kier molecular flexibility index (Phi) is 8.61. The monoisotopic (exact) mass is 642 g/mol. The van der Waals surface area contributed by atoms with Gasteiger partial charge in [-0.25, -0.2) is 13.1 Å². The van der Waals surface area contributed by atoms with Crippen molar-refractivity contribution in [2.75, 3.05) is 13.1 Å². The maximum atomic E-state index is 13.8. The van der Waals surface area contributed by atoms with Crippen LogP contribution in [-0.4, -0.2) is 50.7 Å². The first-order chi connectivity index (χ1) is 21.1. The highest BCUT2D eigenvalue weighted by Crippen LogP contribution is 2.39. The molecule has 1 aromatic heterocycles. The minimum atomic E-state index is -3.70. The molecule has 0 aliphatic carbocycles. The summed E-state index contributed by atoms with van der Waals surface area (Å²) in [5.74, 6) is 0.431. The van der Waals surface area contributed by atoms with Crippen LogP contribution in [0, 0.1) is 11.8 Å². The van der Waals surface area contributed by atoms with Crippen molar-refractivity contribution in [3.05, 3.63) is 107 Å². The van der Waals surface area contributed by atoms with Gasteiger partial charge in [-0.15, -0.1) is 0 Å². The third-order valence-corrected chi connectivity index (χ3v) is 11.3. The van der Waals surface area contributed by atoms with Gasteiger partial charge in [0, 0.05) is 30.4 Å². The van der Waals surface area contributed by atoms with Crippen molar-refractivity contribution < 1.29 is 13.2 Å². The average molecular weight is 643 g/mol. The Morgan fingerprint density at radius 3 is 2.30 bits per heavy atom. The number of carbonyl (C=O) groups excluding carboxylic acids is 1. The van der Waals surface area contributed by atoms with Crippen LogP contribution in [0.2, 0.25) is 0 Å². The number of hydrogen-bond donors (Lipinski definition) is 0. The molecule has 0 bridgehead atoms. The number of thiocarbonyl (C=S) groups is 1. The molecule has 0 N–H and O–H groups in total. The van der Waals surface area contributed by atoms with E-state index >= 15 is 0 Å². The summed E-state index contributed by atoms with van der Waals surface area (Å²) >= 11 is 6.93. The van der Waals surface area contributed by atoms with Crippen LogP contribution in [-0.2, 0) is 14.8 Å². The number of amides is 1. The van der Waals surface area contributed by atoms with E-state index in [1.54, 1.807) is 32.1 Å². The van der Waals surface area contributed by atoms with Crippen molar-refractivity contribution in [2.24, 2.45) is 11.8 Å². The molecule has 1 amide bonds. The van der Waals surface area contributed by atoms with E-state index in [4.69, 9.17) is 17.3 Å². The number of aromatic nitrogens is 2. The number of rotatable bonds is 7. The van der Waals surface area contributed by atoms with Crippen LogP contribution in [0.3, 0.4) is 0 Å². The lowest BCUT2D eigenvalue weighted by Gasteiger charge is -2.34. The first kappa shape index (κ1) is 30.5. The summed E-state index contributed by atoms with van der Waals surface area (Å²) in [6, 6.07) is 26.2. The minimum Gasteiger partial charge on any atom is -0.286 e. The number of carbonyl (C=O) groups is 1. The molecule has 3 heterocycles. The molecule has 7 nitrogen and oxygen atoms in total. The quantitative estimate of drug-likeness (QED) is 0.157. The zero-order valence-corrected chi connectivity index (χ0v) is 27.3. The van der Waals surface area contributed by atoms with Gasteiger partial charge in [0.15, 0.2) is 0 Å². The highest BCUT2D eigenvalue weighted by Gasteiger charge is 2.36. The fourth-order valence-electron chi connectivity index (χ4n) is 6.02. The summed E-state index contributed by atoms with van der Waals surface area (Å²) in [5, 5.41) is 4.89. The van der Waals surface area contributed by atoms with Gasteiger partial charge in [-0.05, 0) is 61.1 Å². The summed E-state index contributed by atoms with van der Waals surface area (Å²) in [6.45, 7) is 7.18. The van der Waals surface area contributed by atoms with E-state index in [1.807, 2.05) is 85.9 Å². The lowest BCUT2D eigenvalue weighted by atomic mass is 9.94. The Labute approximate surface area is 268 Å². The van der Waals surface area contributed by atoms with Gasteiger partial charge in [-0.2, -0.15) is 9.40 Å². The second-order valence-electron chi connectivity index (χ2n) is 11.6. The Morgan fingerprint density at radius 1 is 0.955 bits per heavy atom. The molecule has 2 saturated heterocycles. The predicted molar refractivity (Wildman–Crippen MR) is 181 cm³/mol. The molecule has 3 atom stereocenters. The molecule has 6 rings (SSSR count). The van der Waals surface area contributed by atoms with E-state index in [9.17, 15) is 13.2 Å². The fraction of sp³-hybridized carbons (Fsp3) is 0.265. The molecule has 10 heteroatoms. The molecule has 0 radical (unpaired) electrons. The van der Waals surface area contributed by atoms with Crippen molar-refractivity contribution in [1.29, 1.82) is 0 Å². The maximum Gasteiger partial charge on any atom is 0.266 e. The third-order valence-electron chi connectivity index (χ3n) is 8.12. The zero-order chi connectivity index (χ0) is 31.0. The number of sulfonamides is 1. The van der Waals surface area contributed by atoms with E-state index in [2.05, 4.69) is 13.8 Å². The Bertz CT molecular complexity index is 1830. The van der Waals surface area contributed by atoms with Gasteiger partial charge < -0.3 is 0 Å². The smallest absolute Gasteiger partial charge is 0.266 e. The van der Waals surface area contributed by atoms with Crippen molar-refractivity contribution in [1.82, 2.24) is 19.0 Å². The molecule has 0 spiro atoms. The molecular weight excluding hydrogens is 609 g/mol. The summed E-state index contributed by atoms with van der Waals surface area (Å²) in [6.07, 6.45) is 4.70. The van der Waals surface area contributed by atoms with Gasteiger partial charge in [0.05, 0.1) is 21.5 Å². The largest absolute Gasteiger partial charge is 0.286 e. The van der Waals surface area contributed by atoms with E-state index in [1.165, 1.54) is 11.8 Å². The number of nitrogens with zero attached hydrogens (tertiary/aromatic N) is 4. The Balaban J connectivity index is 1.39. The predicted octanol–water partition coefficient (Wildman–Crippen LogP) is 7.17. The van der Waals surface area contributed by atoms with E-state index in [0.717, 1.165) is 17.7 Å². The number of thioether (sulfide) groups is 1. The van der Waals surface area contributed by atoms with Gasteiger partial charge in [-0.1, -0.05) is 98.5 Å². The normalized spacial score (nSPS) is 21.2. The molecule has 3 aromatic carbocycles. The minimum absolute atomic E-state index is 0.167. The standard InChI is InChI=1S/C34H34N4O3S3/c1-23-17-24(2)21-36(20-23)44(40,41)30-16-10-13-27(18-30)32-28(22-37(35-32)29-14-8-5-9-15-29)19-31-33(39)38(34(42)43-31)25(3)26-11-6-4-7-12-26/h4-16,18-19,22-25H,17,20-21H2,1-3H3/b31-19-. The molecule has 226 valence electrons. The van der Waals surface area contributed by atoms with Crippen LogP contribution in [0.15, 0.2) is 101 Å². The summed E-state index contributed by atoms with van der Waals surface area (Å²) in [5.41, 5.74) is 3.76. The fourth-order valence-corrected chi connectivity index (χ4v) is 9.16. The number of piperidine rings is 1. The van der Waals surface area contributed by atoms with Gasteiger partial charge in [0.1, 0.15) is 10.0 Å². The Hall–Kier alpha value is -3.57. The van der Waals surface area contributed by atoms with Crippen LogP contribution in [0.5, 0.6) is 0 Å². The average Bonchev–Trinajstić information content (AvgIpc) is 3.57. The molecule has 0 saturated carbocycles. The molecule has 2 aliphatic rings. The molecule has 44 heavy (non-hydrogen) atoms. The molecule has 2 fully saturated rings. The summed E-state index contributed by atoms with van der Waals surface area (Å²) < 4.78 is 31.4. The van der Waals surface area contributed by atoms with Crippen LogP contribution < -0.4 is 0 Å². The van der Waals surface area contributed by atoms with Gasteiger partial charge >= 0.3 is 0 Å². The first-order valence-electron chi connectivity index (χ1n) is 14.7. The molecule has 4 aromatic rings. The van der Waals surface area contributed by atoms with Crippen molar-refractivity contribution >= 4 is 50.3 Å². The number of benzene rings is 3. The highest BCUT2D eigenvalue weighted by atomic mass is 32.2. The molecular formula is C34H34N4O3S3. The lowest BCUT2D eigenvalue weighted by molar-refractivity contribution is -0.123. The van der Waals surface area contributed by atoms with Crippen LogP contribution in [0.1, 0.15) is 44.4 Å². The topological polar surface area (TPSA) is 75.5 Å².